The van der Waals surface area contributed by atoms with E-state index in [2.05, 4.69) is 9.17 Å². The number of benzene rings is 1. The first-order valence-corrected chi connectivity index (χ1v) is 6.30. The summed E-state index contributed by atoms with van der Waals surface area (Å²) in [4.78, 5) is 14.4. The first-order valence-electron chi connectivity index (χ1n) is 4.89. The van der Waals surface area contributed by atoms with Crippen molar-refractivity contribution in [2.75, 3.05) is 7.11 Å². The molecule has 17 heavy (non-hydrogen) atoms. The molecule has 1 aromatic carbocycles. The molecule has 6 heteroatoms. The largest absolute Gasteiger partial charge is 0.361 e. The molecule has 0 bridgehead atoms. The highest BCUT2D eigenvalue weighted by Gasteiger charge is 2.22. The Balaban J connectivity index is 2.89. The van der Waals surface area contributed by atoms with Gasteiger partial charge in [0.05, 0.1) is 7.11 Å². The number of fused-ring (bicyclic) bond motifs is 1. The molecule has 0 unspecified atom stereocenters. The number of hydrogen-bond acceptors (Lipinski definition) is 4. The summed E-state index contributed by atoms with van der Waals surface area (Å²) in [7, 11) is -2.81. The Morgan fingerprint density at radius 1 is 1.29 bits per heavy atom. The van der Waals surface area contributed by atoms with Gasteiger partial charge in [0.2, 0.25) is 0 Å². The van der Waals surface area contributed by atoms with Crippen LogP contribution in [-0.2, 0) is 14.3 Å². The van der Waals surface area contributed by atoms with Gasteiger partial charge >= 0.3 is 0 Å². The first kappa shape index (κ1) is 11.8. The fourth-order valence-corrected chi connectivity index (χ4v) is 2.69. The number of aromatic nitrogens is 1. The maximum Gasteiger partial charge on any atom is 0.297 e. The van der Waals surface area contributed by atoms with Crippen LogP contribution < -0.4 is 0 Å². The van der Waals surface area contributed by atoms with Gasteiger partial charge in [0.15, 0.2) is 5.78 Å². The number of Topliss-reactive ketones (excluding diaryl/α,β-unsaturated/α-hetero) is 1. The lowest BCUT2D eigenvalue weighted by Crippen LogP contribution is -2.09. The molecule has 2 rings (SSSR count). The third kappa shape index (κ3) is 1.85. The van der Waals surface area contributed by atoms with E-state index in [1.54, 1.807) is 18.3 Å². The second-order valence-electron chi connectivity index (χ2n) is 3.55. The number of aromatic amines is 1. The van der Waals surface area contributed by atoms with Gasteiger partial charge in [-0.3, -0.25) is 8.98 Å². The van der Waals surface area contributed by atoms with Crippen molar-refractivity contribution in [1.29, 1.82) is 0 Å². The topological polar surface area (TPSA) is 76.2 Å². The van der Waals surface area contributed by atoms with E-state index in [1.165, 1.54) is 13.0 Å². The second kappa shape index (κ2) is 3.97. The number of ketones is 1. The molecular formula is C11H11NO4S. The van der Waals surface area contributed by atoms with E-state index in [0.29, 0.717) is 10.9 Å². The van der Waals surface area contributed by atoms with Crippen molar-refractivity contribution in [2.24, 2.45) is 0 Å². The minimum absolute atomic E-state index is 0.0976. The maximum absolute atomic E-state index is 11.7. The summed E-state index contributed by atoms with van der Waals surface area (Å²) >= 11 is 0. The summed E-state index contributed by atoms with van der Waals surface area (Å²) in [6.07, 6.45) is 1.65. The highest BCUT2D eigenvalue weighted by molar-refractivity contribution is 7.86. The number of carbonyl (C=O) groups is 1. The number of hydrogen-bond donors (Lipinski definition) is 1. The van der Waals surface area contributed by atoms with Crippen LogP contribution in [-0.4, -0.2) is 26.3 Å². The van der Waals surface area contributed by atoms with Crippen molar-refractivity contribution in [3.05, 3.63) is 30.0 Å². The van der Waals surface area contributed by atoms with Gasteiger partial charge in [-0.05, 0) is 25.1 Å². The molecule has 0 atom stereocenters. The van der Waals surface area contributed by atoms with Crippen molar-refractivity contribution in [2.45, 2.75) is 11.8 Å². The molecule has 0 aliphatic carbocycles. The van der Waals surface area contributed by atoms with Crippen LogP contribution in [0.1, 0.15) is 17.3 Å². The van der Waals surface area contributed by atoms with E-state index in [4.69, 9.17) is 0 Å². The number of carbonyl (C=O) groups excluding carboxylic acids is 1. The van der Waals surface area contributed by atoms with Crippen LogP contribution in [0.2, 0.25) is 0 Å². The van der Waals surface area contributed by atoms with Gasteiger partial charge in [0.25, 0.3) is 10.1 Å². The van der Waals surface area contributed by atoms with E-state index in [9.17, 15) is 13.2 Å². The first-order chi connectivity index (χ1) is 7.97. The number of rotatable bonds is 3. The molecule has 0 amide bonds. The predicted octanol–water partition coefficient (Wildman–Crippen LogP) is 1.71. The quantitative estimate of drug-likeness (QED) is 0.667. The van der Waals surface area contributed by atoms with Gasteiger partial charge < -0.3 is 4.98 Å². The Labute approximate surface area is 98.5 Å². The molecule has 0 fully saturated rings. The molecule has 90 valence electrons. The lowest BCUT2D eigenvalue weighted by Gasteiger charge is -2.07. The molecule has 0 saturated carbocycles. The van der Waals surface area contributed by atoms with Crippen LogP contribution >= 0.6 is 0 Å². The van der Waals surface area contributed by atoms with Crippen molar-refractivity contribution >= 4 is 26.8 Å². The van der Waals surface area contributed by atoms with Crippen molar-refractivity contribution in [1.82, 2.24) is 4.98 Å². The van der Waals surface area contributed by atoms with E-state index in [1.807, 2.05) is 0 Å². The smallest absolute Gasteiger partial charge is 0.297 e. The van der Waals surface area contributed by atoms with Crippen molar-refractivity contribution < 1.29 is 17.4 Å². The number of H-pyrrole nitrogens is 1. The lowest BCUT2D eigenvalue weighted by molar-refractivity contribution is 0.101. The highest BCUT2D eigenvalue weighted by Crippen LogP contribution is 2.26. The van der Waals surface area contributed by atoms with Gasteiger partial charge in [0.1, 0.15) is 4.90 Å². The lowest BCUT2D eigenvalue weighted by atomic mass is 10.1. The monoisotopic (exact) mass is 253 g/mol. The summed E-state index contributed by atoms with van der Waals surface area (Å²) in [5.41, 5.74) is 0.871. The minimum Gasteiger partial charge on any atom is -0.361 e. The van der Waals surface area contributed by atoms with Gasteiger partial charge in [-0.25, -0.2) is 0 Å². The Morgan fingerprint density at radius 2 is 2.00 bits per heavy atom. The summed E-state index contributed by atoms with van der Waals surface area (Å²) in [5.74, 6) is -0.314. The molecule has 0 radical (unpaired) electrons. The summed E-state index contributed by atoms with van der Waals surface area (Å²) < 4.78 is 27.9. The zero-order chi connectivity index (χ0) is 12.6. The molecule has 0 spiro atoms. The van der Waals surface area contributed by atoms with Crippen molar-refractivity contribution in [3.63, 3.8) is 0 Å². The van der Waals surface area contributed by atoms with E-state index < -0.39 is 10.1 Å². The molecule has 1 heterocycles. The maximum atomic E-state index is 11.7. The summed E-state index contributed by atoms with van der Waals surface area (Å²) in [6.45, 7) is 1.33. The summed E-state index contributed by atoms with van der Waals surface area (Å²) in [5, 5.41) is 0.579. The van der Waals surface area contributed by atoms with Crippen LogP contribution in [0.15, 0.2) is 29.3 Å². The van der Waals surface area contributed by atoms with Crippen LogP contribution in [0.3, 0.4) is 0 Å². The van der Waals surface area contributed by atoms with Gasteiger partial charge in [0, 0.05) is 22.7 Å². The Morgan fingerprint density at radius 3 is 2.59 bits per heavy atom. The molecule has 0 aliphatic rings. The Hall–Kier alpha value is -1.66. The SMILES string of the molecule is COS(=O)(=O)c1ccc2[nH]ccc2c1C(C)=O. The Kier molecular flexibility index (Phi) is 2.76. The third-order valence-electron chi connectivity index (χ3n) is 2.54. The van der Waals surface area contributed by atoms with Crippen LogP contribution in [0.25, 0.3) is 10.9 Å². The second-order valence-corrected chi connectivity index (χ2v) is 5.24. The zero-order valence-corrected chi connectivity index (χ0v) is 10.2. The van der Waals surface area contributed by atoms with Crippen LogP contribution in [0, 0.1) is 0 Å². The molecule has 1 N–H and O–H groups in total. The Bertz CT molecular complexity index is 685. The molecule has 1 aromatic heterocycles. The molecular weight excluding hydrogens is 242 g/mol. The average molecular weight is 253 g/mol. The van der Waals surface area contributed by atoms with E-state index >= 15 is 0 Å². The van der Waals surface area contributed by atoms with Crippen LogP contribution in [0.4, 0.5) is 0 Å². The standard InChI is InChI=1S/C11H11NO4S/c1-7(13)11-8-5-6-12-9(8)3-4-10(11)17(14,15)16-2/h3-6,12H,1-2H3. The molecule has 2 aromatic rings. The fourth-order valence-electron chi connectivity index (χ4n) is 1.77. The summed E-state index contributed by atoms with van der Waals surface area (Å²) in [6, 6.07) is 4.64. The molecule has 0 saturated heterocycles. The number of nitrogens with one attached hydrogen (secondary N) is 1. The van der Waals surface area contributed by atoms with E-state index in [-0.39, 0.29) is 16.2 Å². The highest BCUT2D eigenvalue weighted by atomic mass is 32.2. The van der Waals surface area contributed by atoms with E-state index in [0.717, 1.165) is 7.11 Å². The minimum atomic E-state index is -3.88. The predicted molar refractivity (Wildman–Crippen MR) is 62.5 cm³/mol. The average Bonchev–Trinajstić information content (AvgIpc) is 2.75. The van der Waals surface area contributed by atoms with Crippen molar-refractivity contribution in [3.8, 4) is 0 Å². The van der Waals surface area contributed by atoms with Gasteiger partial charge in [-0.1, -0.05) is 0 Å². The third-order valence-corrected chi connectivity index (χ3v) is 3.85. The van der Waals surface area contributed by atoms with Crippen LogP contribution in [0.5, 0.6) is 0 Å². The normalized spacial score (nSPS) is 11.9. The van der Waals surface area contributed by atoms with Gasteiger partial charge in [-0.2, -0.15) is 8.42 Å². The molecule has 5 nitrogen and oxygen atoms in total. The zero-order valence-electron chi connectivity index (χ0n) is 9.35. The van der Waals surface area contributed by atoms with Gasteiger partial charge in [-0.15, -0.1) is 0 Å². The molecule has 0 aliphatic heterocycles. The fraction of sp³-hybridized carbons (Fsp3) is 0.182.